The van der Waals surface area contributed by atoms with Gasteiger partial charge in [-0.25, -0.2) is 13.2 Å². The average molecular weight is 531 g/mol. The summed E-state index contributed by atoms with van der Waals surface area (Å²) in [7, 11) is 0. The third-order valence-corrected chi connectivity index (χ3v) is 6.50. The first-order valence-corrected chi connectivity index (χ1v) is 12.2. The van der Waals surface area contributed by atoms with Gasteiger partial charge in [-0.15, -0.1) is 0 Å². The minimum absolute atomic E-state index is 0.134. The Balaban J connectivity index is 1.23. The van der Waals surface area contributed by atoms with E-state index in [0.717, 1.165) is 6.07 Å². The first-order chi connectivity index (χ1) is 18.2. The Morgan fingerprint density at radius 1 is 1.00 bits per heavy atom. The summed E-state index contributed by atoms with van der Waals surface area (Å²) in [6, 6.07) is 5.72. The number of nitrogens with zero attached hydrogens (tertiary/aromatic N) is 1. The second kappa shape index (κ2) is 11.4. The van der Waals surface area contributed by atoms with Crippen LogP contribution in [0.15, 0.2) is 30.3 Å². The van der Waals surface area contributed by atoms with Crippen molar-refractivity contribution < 1.29 is 37.1 Å². The van der Waals surface area contributed by atoms with Crippen LogP contribution in [0.3, 0.4) is 0 Å². The Bertz CT molecular complexity index is 1320. The molecule has 2 aromatic rings. The molecule has 0 aliphatic carbocycles. The van der Waals surface area contributed by atoms with Gasteiger partial charge in [0.2, 0.25) is 17.7 Å². The van der Waals surface area contributed by atoms with Crippen LogP contribution in [-0.4, -0.2) is 47.0 Å². The molecule has 2 aliphatic heterocycles. The van der Waals surface area contributed by atoms with E-state index in [1.165, 1.54) is 4.90 Å². The molecule has 2 aliphatic rings. The number of hydrogen-bond acceptors (Lipinski definition) is 5. The normalized spacial score (nSPS) is 16.8. The van der Waals surface area contributed by atoms with Gasteiger partial charge in [0.25, 0.3) is 11.8 Å². The first kappa shape index (κ1) is 26.8. The van der Waals surface area contributed by atoms with Crippen LogP contribution in [0, 0.1) is 17.5 Å². The van der Waals surface area contributed by atoms with E-state index in [4.69, 9.17) is 0 Å². The van der Waals surface area contributed by atoms with E-state index in [9.17, 15) is 37.1 Å². The topological polar surface area (TPSA) is 125 Å². The Hall–Kier alpha value is -4.22. The molecule has 38 heavy (non-hydrogen) atoms. The van der Waals surface area contributed by atoms with Gasteiger partial charge in [-0.1, -0.05) is 12.5 Å². The molecule has 200 valence electrons. The molecular formula is C26H25F3N4O5. The molecule has 1 atom stereocenters. The molecule has 1 saturated heterocycles. The summed E-state index contributed by atoms with van der Waals surface area (Å²) < 4.78 is 40.0. The zero-order valence-electron chi connectivity index (χ0n) is 20.2. The number of benzene rings is 2. The van der Waals surface area contributed by atoms with Crippen molar-refractivity contribution >= 4 is 35.2 Å². The molecule has 12 heteroatoms. The molecule has 1 fully saturated rings. The number of fused-ring (bicyclic) bond motifs is 1. The standard InChI is InChI=1S/C26H25F3N4O5/c27-17-9-8-15(22(28)23(17)29)24(36)30-12-3-1-2-7-20(34)31-18-6-4-5-14-16(18)13-33(26(14)38)19-10-11-21(35)32-25(19)37/h4-6,8-9,19H,1-3,7,10-13H2,(H,30,36)(H,31,34)(H,32,35,37). The van der Waals surface area contributed by atoms with Gasteiger partial charge in [-0.3, -0.25) is 29.3 Å². The SMILES string of the molecule is O=C1CCC(N2Cc3c(NC(=O)CCCCCNC(=O)c4ccc(F)c(F)c4F)cccc3C2=O)C(=O)N1. The van der Waals surface area contributed by atoms with Crippen LogP contribution in [0.25, 0.3) is 0 Å². The van der Waals surface area contributed by atoms with Crippen LogP contribution in [0.2, 0.25) is 0 Å². The van der Waals surface area contributed by atoms with Gasteiger partial charge in [-0.05, 0) is 43.5 Å². The summed E-state index contributed by atoms with van der Waals surface area (Å²) in [6.07, 6.45) is 2.06. The number of halogens is 3. The van der Waals surface area contributed by atoms with E-state index in [0.29, 0.717) is 42.1 Å². The highest BCUT2D eigenvalue weighted by atomic mass is 19.2. The summed E-state index contributed by atoms with van der Waals surface area (Å²) in [5, 5.41) is 7.48. The molecule has 0 bridgehead atoms. The molecule has 0 saturated carbocycles. The molecular weight excluding hydrogens is 505 g/mol. The zero-order chi connectivity index (χ0) is 27.4. The van der Waals surface area contributed by atoms with Crippen molar-refractivity contribution in [3.05, 3.63) is 64.5 Å². The van der Waals surface area contributed by atoms with Gasteiger partial charge in [0.1, 0.15) is 6.04 Å². The van der Waals surface area contributed by atoms with Crippen molar-refractivity contribution in [3.63, 3.8) is 0 Å². The van der Waals surface area contributed by atoms with E-state index in [2.05, 4.69) is 16.0 Å². The highest BCUT2D eigenvalue weighted by Gasteiger charge is 2.39. The van der Waals surface area contributed by atoms with Crippen LogP contribution in [0.1, 0.15) is 64.8 Å². The fourth-order valence-corrected chi connectivity index (χ4v) is 4.50. The highest BCUT2D eigenvalue weighted by molar-refractivity contribution is 6.06. The highest BCUT2D eigenvalue weighted by Crippen LogP contribution is 2.32. The van der Waals surface area contributed by atoms with Crippen LogP contribution < -0.4 is 16.0 Å². The number of unbranched alkanes of at least 4 members (excludes halogenated alkanes) is 2. The van der Waals surface area contributed by atoms with Gasteiger partial charge < -0.3 is 15.5 Å². The lowest BCUT2D eigenvalue weighted by atomic mass is 10.0. The number of piperidine rings is 1. The minimum atomic E-state index is -1.71. The Morgan fingerprint density at radius 3 is 2.55 bits per heavy atom. The van der Waals surface area contributed by atoms with Gasteiger partial charge >= 0.3 is 0 Å². The third kappa shape index (κ3) is 5.68. The Kier molecular flexibility index (Phi) is 8.08. The monoisotopic (exact) mass is 530 g/mol. The van der Waals surface area contributed by atoms with Crippen molar-refractivity contribution in [1.82, 2.24) is 15.5 Å². The van der Waals surface area contributed by atoms with Gasteiger partial charge in [-0.2, -0.15) is 0 Å². The number of imide groups is 1. The quantitative estimate of drug-likeness (QED) is 0.261. The maximum Gasteiger partial charge on any atom is 0.255 e. The van der Waals surface area contributed by atoms with E-state index >= 15 is 0 Å². The zero-order valence-corrected chi connectivity index (χ0v) is 20.2. The number of nitrogens with one attached hydrogen (secondary N) is 3. The summed E-state index contributed by atoms with van der Waals surface area (Å²) >= 11 is 0. The summed E-state index contributed by atoms with van der Waals surface area (Å²) in [5.74, 6) is -7.00. The predicted octanol–water partition coefficient (Wildman–Crippen LogP) is 2.79. The van der Waals surface area contributed by atoms with E-state index in [1.807, 2.05) is 0 Å². The number of hydrogen-bond donors (Lipinski definition) is 3. The van der Waals surface area contributed by atoms with E-state index in [-0.39, 0.29) is 50.1 Å². The van der Waals surface area contributed by atoms with Gasteiger partial charge in [0.05, 0.1) is 5.56 Å². The van der Waals surface area contributed by atoms with E-state index < -0.39 is 40.9 Å². The second-order valence-electron chi connectivity index (χ2n) is 9.07. The first-order valence-electron chi connectivity index (χ1n) is 12.2. The maximum atomic E-state index is 13.7. The molecule has 5 amide bonds. The Morgan fingerprint density at radius 2 is 1.79 bits per heavy atom. The smallest absolute Gasteiger partial charge is 0.255 e. The molecule has 2 aromatic carbocycles. The fraction of sp³-hybridized carbons (Fsp3) is 0.346. The van der Waals surface area contributed by atoms with Gasteiger partial charge in [0.15, 0.2) is 17.5 Å². The van der Waals surface area contributed by atoms with Crippen molar-refractivity contribution in [2.45, 2.75) is 51.1 Å². The molecule has 0 spiro atoms. The molecule has 0 radical (unpaired) electrons. The molecule has 0 aromatic heterocycles. The van der Waals surface area contributed by atoms with Crippen LogP contribution in [0.4, 0.5) is 18.9 Å². The van der Waals surface area contributed by atoms with E-state index in [1.54, 1.807) is 18.2 Å². The molecule has 4 rings (SSSR count). The Labute approximate surface area is 215 Å². The summed E-state index contributed by atoms with van der Waals surface area (Å²) in [6.45, 7) is 0.290. The van der Waals surface area contributed by atoms with Crippen LogP contribution in [-0.2, 0) is 20.9 Å². The van der Waals surface area contributed by atoms with Crippen LogP contribution >= 0.6 is 0 Å². The number of rotatable bonds is 9. The lowest BCUT2D eigenvalue weighted by Gasteiger charge is -2.29. The number of amides is 5. The van der Waals surface area contributed by atoms with Crippen molar-refractivity contribution in [2.24, 2.45) is 0 Å². The van der Waals surface area contributed by atoms with Crippen molar-refractivity contribution in [2.75, 3.05) is 11.9 Å². The molecule has 1 unspecified atom stereocenters. The number of anilines is 1. The van der Waals surface area contributed by atoms with Crippen LogP contribution in [0.5, 0.6) is 0 Å². The minimum Gasteiger partial charge on any atom is -0.352 e. The summed E-state index contributed by atoms with van der Waals surface area (Å²) in [5.41, 5.74) is 0.869. The molecule has 9 nitrogen and oxygen atoms in total. The maximum absolute atomic E-state index is 13.7. The number of carbonyl (C=O) groups excluding carboxylic acids is 5. The predicted molar refractivity (Wildman–Crippen MR) is 128 cm³/mol. The molecule has 3 N–H and O–H groups in total. The van der Waals surface area contributed by atoms with Crippen molar-refractivity contribution in [3.8, 4) is 0 Å². The third-order valence-electron chi connectivity index (χ3n) is 6.50. The number of carbonyl (C=O) groups is 5. The fourth-order valence-electron chi connectivity index (χ4n) is 4.50. The lowest BCUT2D eigenvalue weighted by Crippen LogP contribution is -2.52. The summed E-state index contributed by atoms with van der Waals surface area (Å²) in [4.78, 5) is 62.4. The second-order valence-corrected chi connectivity index (χ2v) is 9.07. The lowest BCUT2D eigenvalue weighted by molar-refractivity contribution is -0.137. The van der Waals surface area contributed by atoms with Gasteiger partial charge in [0, 0.05) is 42.7 Å². The largest absolute Gasteiger partial charge is 0.352 e. The average Bonchev–Trinajstić information content (AvgIpc) is 3.21. The molecule has 2 heterocycles. The van der Waals surface area contributed by atoms with Crippen molar-refractivity contribution in [1.29, 1.82) is 0 Å².